The van der Waals surface area contributed by atoms with E-state index < -0.39 is 0 Å². The molecule has 2 rings (SSSR count). The average Bonchev–Trinajstić information content (AvgIpc) is 2.58. The summed E-state index contributed by atoms with van der Waals surface area (Å²) >= 11 is 1.65. The van der Waals surface area contributed by atoms with Gasteiger partial charge >= 0.3 is 0 Å². The van der Waals surface area contributed by atoms with Crippen LogP contribution >= 0.6 is 11.9 Å². The summed E-state index contributed by atoms with van der Waals surface area (Å²) in [5, 5.41) is 0. The summed E-state index contributed by atoms with van der Waals surface area (Å²) in [4.78, 5) is 0. The fourth-order valence-corrected chi connectivity index (χ4v) is 1.92. The lowest BCUT2D eigenvalue weighted by Crippen LogP contribution is -1.97. The van der Waals surface area contributed by atoms with Crippen LogP contribution in [0, 0.1) is 0 Å². The molecule has 0 spiro atoms. The van der Waals surface area contributed by atoms with Crippen molar-refractivity contribution in [3.8, 4) is 0 Å². The van der Waals surface area contributed by atoms with Crippen molar-refractivity contribution in [2.24, 2.45) is 4.40 Å². The second kappa shape index (κ2) is 3.09. The van der Waals surface area contributed by atoms with Gasteiger partial charge in [-0.2, -0.15) is 0 Å². The van der Waals surface area contributed by atoms with Crippen LogP contribution in [0.15, 0.2) is 34.7 Å². The average molecular weight is 163 g/mol. The summed E-state index contributed by atoms with van der Waals surface area (Å²) in [5.74, 6) is 1.64. The van der Waals surface area contributed by atoms with Crippen LogP contribution in [0.2, 0.25) is 0 Å². The van der Waals surface area contributed by atoms with Crippen LogP contribution in [0.1, 0.15) is 11.5 Å². The summed E-state index contributed by atoms with van der Waals surface area (Å²) in [6.45, 7) is 0. The van der Waals surface area contributed by atoms with Crippen LogP contribution < -0.4 is 0 Å². The van der Waals surface area contributed by atoms with Crippen molar-refractivity contribution in [2.45, 2.75) is 5.92 Å². The third-order valence-electron chi connectivity index (χ3n) is 1.80. The highest BCUT2D eigenvalue weighted by molar-refractivity contribution is 7.98. The van der Waals surface area contributed by atoms with Crippen molar-refractivity contribution in [2.75, 3.05) is 5.75 Å². The second-order valence-corrected chi connectivity index (χ2v) is 3.37. The Labute approximate surface area is 70.7 Å². The molecule has 2 heteroatoms. The van der Waals surface area contributed by atoms with E-state index in [0.717, 1.165) is 5.75 Å². The van der Waals surface area contributed by atoms with Gasteiger partial charge in [0.25, 0.3) is 0 Å². The molecule has 0 amide bonds. The Morgan fingerprint density at radius 2 is 2.09 bits per heavy atom. The van der Waals surface area contributed by atoms with Crippen LogP contribution in [-0.4, -0.2) is 12.0 Å². The first-order valence-electron chi connectivity index (χ1n) is 3.67. The van der Waals surface area contributed by atoms with Crippen molar-refractivity contribution in [1.82, 2.24) is 0 Å². The molecular formula is C9H9NS. The standard InChI is InChI=1S/C9H9NS/c1-2-4-8(5-3-1)9-6-10-11-7-9/h1-6,9H,7H2. The second-order valence-electron chi connectivity index (χ2n) is 2.57. The molecule has 0 aromatic heterocycles. The van der Waals surface area contributed by atoms with Crippen molar-refractivity contribution in [3.63, 3.8) is 0 Å². The largest absolute Gasteiger partial charge is 0.228 e. The first kappa shape index (κ1) is 6.92. The van der Waals surface area contributed by atoms with Crippen LogP contribution in [0.5, 0.6) is 0 Å². The van der Waals surface area contributed by atoms with Gasteiger partial charge in [-0.1, -0.05) is 30.3 Å². The Morgan fingerprint density at radius 1 is 1.27 bits per heavy atom. The van der Waals surface area contributed by atoms with E-state index >= 15 is 0 Å². The molecule has 0 radical (unpaired) electrons. The lowest BCUT2D eigenvalue weighted by molar-refractivity contribution is 1.08. The van der Waals surface area contributed by atoms with Gasteiger partial charge in [-0.25, -0.2) is 4.40 Å². The lowest BCUT2D eigenvalue weighted by atomic mass is 10.0. The Hall–Kier alpha value is -0.760. The van der Waals surface area contributed by atoms with Gasteiger partial charge in [-0.3, -0.25) is 0 Å². The summed E-state index contributed by atoms with van der Waals surface area (Å²) < 4.78 is 4.13. The molecule has 0 fully saturated rings. The minimum absolute atomic E-state index is 0.543. The van der Waals surface area contributed by atoms with Crippen LogP contribution in [0.25, 0.3) is 0 Å². The first-order valence-corrected chi connectivity index (χ1v) is 4.61. The van der Waals surface area contributed by atoms with E-state index in [0.29, 0.717) is 5.92 Å². The molecule has 1 aromatic rings. The molecule has 1 heterocycles. The van der Waals surface area contributed by atoms with Crippen molar-refractivity contribution >= 4 is 18.2 Å². The maximum Gasteiger partial charge on any atom is 0.0308 e. The molecule has 0 saturated heterocycles. The highest BCUT2D eigenvalue weighted by Crippen LogP contribution is 2.24. The van der Waals surface area contributed by atoms with Gasteiger partial charge in [0.1, 0.15) is 0 Å². The van der Waals surface area contributed by atoms with Crippen LogP contribution in [-0.2, 0) is 0 Å². The third kappa shape index (κ3) is 1.46. The molecule has 1 aromatic carbocycles. The van der Waals surface area contributed by atoms with E-state index in [4.69, 9.17) is 0 Å². The number of rotatable bonds is 1. The molecule has 0 saturated carbocycles. The summed E-state index contributed by atoms with van der Waals surface area (Å²) in [6, 6.07) is 10.5. The van der Waals surface area contributed by atoms with Gasteiger partial charge in [-0.05, 0) is 17.5 Å². The number of hydrogen-bond acceptors (Lipinski definition) is 2. The Balaban J connectivity index is 2.23. The van der Waals surface area contributed by atoms with E-state index in [9.17, 15) is 0 Å². The lowest BCUT2D eigenvalue weighted by Gasteiger charge is -2.03. The number of benzene rings is 1. The third-order valence-corrected chi connectivity index (χ3v) is 2.58. The van der Waals surface area contributed by atoms with E-state index in [1.807, 2.05) is 12.3 Å². The van der Waals surface area contributed by atoms with Gasteiger partial charge in [-0.15, -0.1) is 0 Å². The Kier molecular flexibility index (Phi) is 1.95. The van der Waals surface area contributed by atoms with E-state index in [1.165, 1.54) is 5.56 Å². The number of hydrogen-bond donors (Lipinski definition) is 0. The van der Waals surface area contributed by atoms with E-state index in [1.54, 1.807) is 11.9 Å². The predicted octanol–water partition coefficient (Wildman–Crippen LogP) is 2.50. The maximum absolute atomic E-state index is 4.13. The minimum Gasteiger partial charge on any atom is -0.228 e. The molecule has 1 aliphatic rings. The number of nitrogens with zero attached hydrogens (tertiary/aromatic N) is 1. The fraction of sp³-hybridized carbons (Fsp3) is 0.222. The zero-order chi connectivity index (χ0) is 7.52. The maximum atomic E-state index is 4.13. The minimum atomic E-state index is 0.543. The monoisotopic (exact) mass is 163 g/mol. The summed E-state index contributed by atoms with van der Waals surface area (Å²) in [7, 11) is 0. The predicted molar refractivity (Wildman–Crippen MR) is 50.1 cm³/mol. The molecule has 0 N–H and O–H groups in total. The van der Waals surface area contributed by atoms with Crippen LogP contribution in [0.3, 0.4) is 0 Å². The van der Waals surface area contributed by atoms with E-state index in [-0.39, 0.29) is 0 Å². The highest BCUT2D eigenvalue weighted by Gasteiger charge is 2.12. The first-order chi connectivity index (χ1) is 5.47. The highest BCUT2D eigenvalue weighted by atomic mass is 32.2. The quantitative estimate of drug-likeness (QED) is 0.579. The molecule has 0 bridgehead atoms. The van der Waals surface area contributed by atoms with Gasteiger partial charge in [0, 0.05) is 17.9 Å². The molecule has 1 nitrogen and oxygen atoms in total. The molecular weight excluding hydrogens is 154 g/mol. The van der Waals surface area contributed by atoms with Crippen molar-refractivity contribution in [3.05, 3.63) is 35.9 Å². The van der Waals surface area contributed by atoms with Crippen LogP contribution in [0.4, 0.5) is 0 Å². The van der Waals surface area contributed by atoms with Gasteiger partial charge in [0.15, 0.2) is 0 Å². The van der Waals surface area contributed by atoms with Gasteiger partial charge in [0.2, 0.25) is 0 Å². The summed E-state index contributed by atoms with van der Waals surface area (Å²) in [6.07, 6.45) is 2.03. The zero-order valence-electron chi connectivity index (χ0n) is 6.10. The topological polar surface area (TPSA) is 12.4 Å². The van der Waals surface area contributed by atoms with Gasteiger partial charge < -0.3 is 0 Å². The molecule has 56 valence electrons. The Bertz CT molecular complexity index is 256. The SMILES string of the molecule is C1=NSCC1c1ccccc1. The molecule has 1 unspecified atom stereocenters. The smallest absolute Gasteiger partial charge is 0.0308 e. The summed E-state index contributed by atoms with van der Waals surface area (Å²) in [5.41, 5.74) is 1.38. The van der Waals surface area contributed by atoms with Gasteiger partial charge in [0.05, 0.1) is 0 Å². The molecule has 1 atom stereocenters. The normalized spacial score (nSPS) is 22.4. The molecule has 0 aliphatic carbocycles. The zero-order valence-corrected chi connectivity index (χ0v) is 6.92. The Morgan fingerprint density at radius 3 is 2.73 bits per heavy atom. The fourth-order valence-electron chi connectivity index (χ4n) is 1.17. The molecule has 1 aliphatic heterocycles. The molecule has 11 heavy (non-hydrogen) atoms. The van der Waals surface area contributed by atoms with E-state index in [2.05, 4.69) is 28.7 Å². The van der Waals surface area contributed by atoms with Crippen molar-refractivity contribution < 1.29 is 0 Å². The van der Waals surface area contributed by atoms with Crippen molar-refractivity contribution in [1.29, 1.82) is 0 Å².